The first-order chi connectivity index (χ1) is 11.1. The van der Waals surface area contributed by atoms with Crippen LogP contribution in [0.4, 0.5) is 10.5 Å². The van der Waals surface area contributed by atoms with Gasteiger partial charge in [0.15, 0.2) is 0 Å². The van der Waals surface area contributed by atoms with Crippen molar-refractivity contribution in [2.45, 2.75) is 44.3 Å². The lowest BCUT2D eigenvalue weighted by molar-refractivity contribution is 0.266. The number of allylic oxidation sites excluding steroid dienone is 1. The Kier molecular flexibility index (Phi) is 7.03. The average Bonchev–Trinajstić information content (AvgIpc) is 2.60. The Balaban J connectivity index is 1.87. The largest absolute Gasteiger partial charge is 0.497 e. The Hall–Kier alpha value is -1.42. The highest BCUT2D eigenvalue weighted by Crippen LogP contribution is 2.27. The molecule has 1 aliphatic carbocycles. The number of amides is 1. The maximum atomic E-state index is 12.4. The fraction of sp³-hybridized carbons (Fsp3) is 0.526. The van der Waals surface area contributed by atoms with Crippen LogP contribution in [-0.2, 0) is 0 Å². The van der Waals surface area contributed by atoms with Crippen molar-refractivity contribution in [3.63, 3.8) is 0 Å². The molecule has 1 aliphatic rings. The summed E-state index contributed by atoms with van der Waals surface area (Å²) in [5.41, 5.74) is 0.852. The molecule has 2 rings (SSSR count). The Bertz CT molecular complexity index is 538. The molecule has 23 heavy (non-hydrogen) atoms. The molecule has 0 heterocycles. The first kappa shape index (κ1) is 17.9. The smallest absolute Gasteiger partial charge is 0.286 e. The van der Waals surface area contributed by atoms with Crippen molar-refractivity contribution < 1.29 is 9.53 Å². The molecule has 3 nitrogen and oxygen atoms in total. The summed E-state index contributed by atoms with van der Waals surface area (Å²) in [6.07, 6.45) is 11.2. The van der Waals surface area contributed by atoms with Crippen molar-refractivity contribution in [1.82, 2.24) is 0 Å². The maximum absolute atomic E-state index is 12.4. The predicted octanol–water partition coefficient (Wildman–Crippen LogP) is 5.51. The lowest BCUT2D eigenvalue weighted by atomic mass is 9.89. The molecular formula is C19H27NO2S. The molecule has 0 radical (unpaired) electrons. The third-order valence-corrected chi connectivity index (χ3v) is 5.31. The normalized spacial score (nSPS) is 17.2. The second kappa shape index (κ2) is 9.02. The van der Waals surface area contributed by atoms with Gasteiger partial charge in [-0.1, -0.05) is 49.2 Å². The molecule has 1 amide bonds. The summed E-state index contributed by atoms with van der Waals surface area (Å²) in [4.78, 5) is 14.1. The van der Waals surface area contributed by atoms with E-state index in [-0.39, 0.29) is 10.5 Å². The van der Waals surface area contributed by atoms with E-state index in [1.54, 1.807) is 12.0 Å². The number of thioether (sulfide) groups is 1. The Morgan fingerprint density at radius 1 is 1.35 bits per heavy atom. The van der Waals surface area contributed by atoms with Crippen LogP contribution in [0.2, 0.25) is 0 Å². The number of benzene rings is 1. The fourth-order valence-electron chi connectivity index (χ4n) is 2.84. The van der Waals surface area contributed by atoms with E-state index in [4.69, 9.17) is 4.74 Å². The summed E-state index contributed by atoms with van der Waals surface area (Å²) in [5, 5.41) is 0.247. The second-order valence-electron chi connectivity index (χ2n) is 6.13. The lowest BCUT2D eigenvalue weighted by Crippen LogP contribution is -2.23. The van der Waals surface area contributed by atoms with E-state index in [1.165, 1.54) is 43.9 Å². The van der Waals surface area contributed by atoms with Crippen molar-refractivity contribution in [3.8, 4) is 5.75 Å². The standard InChI is InChI=1S/C19H27NO2S/c1-15(12-13-16-8-5-4-6-9-16)23-19(21)20(2)17-10-7-11-18(14-17)22-3/h7,10-16H,4-6,8-9H2,1-3H3/b13-12+. The van der Waals surface area contributed by atoms with Gasteiger partial charge >= 0.3 is 0 Å². The van der Waals surface area contributed by atoms with Crippen molar-refractivity contribution in [1.29, 1.82) is 0 Å². The minimum Gasteiger partial charge on any atom is -0.497 e. The van der Waals surface area contributed by atoms with Crippen LogP contribution in [0.5, 0.6) is 5.75 Å². The third kappa shape index (κ3) is 5.61. The molecule has 1 saturated carbocycles. The van der Waals surface area contributed by atoms with E-state index in [2.05, 4.69) is 19.1 Å². The van der Waals surface area contributed by atoms with Gasteiger partial charge in [0, 0.05) is 24.1 Å². The van der Waals surface area contributed by atoms with Gasteiger partial charge < -0.3 is 9.64 Å². The number of hydrogen-bond donors (Lipinski definition) is 0. The number of hydrogen-bond acceptors (Lipinski definition) is 3. The van der Waals surface area contributed by atoms with Crippen LogP contribution in [-0.4, -0.2) is 24.6 Å². The molecule has 1 aromatic carbocycles. The Morgan fingerprint density at radius 2 is 2.09 bits per heavy atom. The van der Waals surface area contributed by atoms with Gasteiger partial charge in [-0.3, -0.25) is 4.79 Å². The summed E-state index contributed by atoms with van der Waals surface area (Å²) >= 11 is 1.36. The predicted molar refractivity (Wildman–Crippen MR) is 99.6 cm³/mol. The second-order valence-corrected chi connectivity index (χ2v) is 7.46. The van der Waals surface area contributed by atoms with Gasteiger partial charge in [-0.25, -0.2) is 0 Å². The van der Waals surface area contributed by atoms with Gasteiger partial charge in [-0.2, -0.15) is 0 Å². The van der Waals surface area contributed by atoms with Crippen LogP contribution >= 0.6 is 11.8 Å². The van der Waals surface area contributed by atoms with Gasteiger partial charge in [0.1, 0.15) is 5.75 Å². The van der Waals surface area contributed by atoms with Crippen LogP contribution in [0, 0.1) is 5.92 Å². The van der Waals surface area contributed by atoms with Gasteiger partial charge in [-0.15, -0.1) is 0 Å². The van der Waals surface area contributed by atoms with Crippen LogP contribution in [0.3, 0.4) is 0 Å². The van der Waals surface area contributed by atoms with Crippen molar-refractivity contribution in [2.24, 2.45) is 5.92 Å². The molecule has 4 heteroatoms. The monoisotopic (exact) mass is 333 g/mol. The molecule has 126 valence electrons. The first-order valence-corrected chi connectivity index (χ1v) is 9.25. The molecule has 0 N–H and O–H groups in total. The molecule has 1 unspecified atom stereocenters. The zero-order chi connectivity index (χ0) is 16.7. The van der Waals surface area contributed by atoms with Gasteiger partial charge in [0.25, 0.3) is 5.24 Å². The Labute approximate surface area is 144 Å². The highest BCUT2D eigenvalue weighted by molar-refractivity contribution is 8.14. The number of anilines is 1. The zero-order valence-electron chi connectivity index (χ0n) is 14.3. The summed E-state index contributed by atoms with van der Waals surface area (Å²) < 4.78 is 5.22. The third-order valence-electron chi connectivity index (χ3n) is 4.31. The summed E-state index contributed by atoms with van der Waals surface area (Å²) in [7, 11) is 3.44. The van der Waals surface area contributed by atoms with Gasteiger partial charge in [-0.05, 0) is 37.8 Å². The summed E-state index contributed by atoms with van der Waals surface area (Å²) in [6.45, 7) is 2.08. The van der Waals surface area contributed by atoms with Crippen LogP contribution in [0.1, 0.15) is 39.0 Å². The molecule has 0 aliphatic heterocycles. The van der Waals surface area contributed by atoms with E-state index < -0.39 is 0 Å². The molecule has 1 fully saturated rings. The minimum absolute atomic E-state index is 0.0547. The number of ether oxygens (including phenoxy) is 1. The first-order valence-electron chi connectivity index (χ1n) is 8.37. The highest BCUT2D eigenvalue weighted by Gasteiger charge is 2.16. The lowest BCUT2D eigenvalue weighted by Gasteiger charge is -2.20. The molecule has 1 atom stereocenters. The summed E-state index contributed by atoms with van der Waals surface area (Å²) in [5.74, 6) is 1.47. The Morgan fingerprint density at radius 3 is 2.78 bits per heavy atom. The number of nitrogens with zero attached hydrogens (tertiary/aromatic N) is 1. The molecule has 1 aromatic rings. The highest BCUT2D eigenvalue weighted by atomic mass is 32.2. The number of carbonyl (C=O) groups is 1. The number of methoxy groups -OCH3 is 1. The minimum atomic E-state index is 0.0547. The van der Waals surface area contributed by atoms with Gasteiger partial charge in [0.2, 0.25) is 0 Å². The quantitative estimate of drug-likeness (QED) is 0.665. The van der Waals surface area contributed by atoms with E-state index in [0.717, 1.165) is 11.4 Å². The summed E-state index contributed by atoms with van der Waals surface area (Å²) in [6, 6.07) is 7.57. The van der Waals surface area contributed by atoms with Crippen molar-refractivity contribution in [3.05, 3.63) is 36.4 Å². The fourth-order valence-corrected chi connectivity index (χ4v) is 3.59. The number of rotatable bonds is 5. The van der Waals surface area contributed by atoms with Crippen LogP contribution in [0.25, 0.3) is 0 Å². The molecule has 0 spiro atoms. The van der Waals surface area contributed by atoms with E-state index in [0.29, 0.717) is 5.92 Å². The molecule has 0 saturated heterocycles. The molecule has 0 aromatic heterocycles. The zero-order valence-corrected chi connectivity index (χ0v) is 15.1. The molecule has 0 bridgehead atoms. The maximum Gasteiger partial charge on any atom is 0.286 e. The van der Waals surface area contributed by atoms with E-state index in [9.17, 15) is 4.79 Å². The van der Waals surface area contributed by atoms with Crippen LogP contribution in [0.15, 0.2) is 36.4 Å². The van der Waals surface area contributed by atoms with Gasteiger partial charge in [0.05, 0.1) is 7.11 Å². The average molecular weight is 333 g/mol. The van der Waals surface area contributed by atoms with Crippen molar-refractivity contribution in [2.75, 3.05) is 19.1 Å². The van der Waals surface area contributed by atoms with Crippen LogP contribution < -0.4 is 9.64 Å². The topological polar surface area (TPSA) is 29.5 Å². The molecular weight excluding hydrogens is 306 g/mol. The van der Waals surface area contributed by atoms with E-state index in [1.807, 2.05) is 31.3 Å². The SMILES string of the molecule is COc1cccc(N(C)C(=O)SC(C)/C=C/C2CCCCC2)c1. The van der Waals surface area contributed by atoms with E-state index >= 15 is 0 Å². The number of carbonyl (C=O) groups excluding carboxylic acids is 1. The van der Waals surface area contributed by atoms with Crippen molar-refractivity contribution >= 4 is 22.7 Å².